The summed E-state index contributed by atoms with van der Waals surface area (Å²) in [5.41, 5.74) is 1.93. The molecule has 8 heteroatoms. The number of likely N-dealkylation sites (tertiary alicyclic amines) is 1. The van der Waals surface area contributed by atoms with Crippen molar-refractivity contribution in [3.05, 3.63) is 71.5 Å². The number of hydrogen-bond acceptors (Lipinski definition) is 6. The Kier molecular flexibility index (Phi) is 7.09. The summed E-state index contributed by atoms with van der Waals surface area (Å²) in [4.78, 5) is 14.8. The Balaban J connectivity index is 1.23. The molecule has 0 bridgehead atoms. The second-order valence-electron chi connectivity index (χ2n) is 7.28. The van der Waals surface area contributed by atoms with Gasteiger partial charge in [-0.3, -0.25) is 9.69 Å². The summed E-state index contributed by atoms with van der Waals surface area (Å²) in [6, 6.07) is 17.1. The SMILES string of the molecule is O=C(Nc1nnc(SCc2ccccc2)s1)C1CCN(Cc2ccccc2F)CC1. The largest absolute Gasteiger partial charge is 0.300 e. The predicted octanol–water partition coefficient (Wildman–Crippen LogP) is 4.82. The second-order valence-corrected chi connectivity index (χ2v) is 9.48. The fourth-order valence-corrected chi connectivity index (χ4v) is 5.18. The number of hydrogen-bond donors (Lipinski definition) is 1. The lowest BCUT2D eigenvalue weighted by Gasteiger charge is -2.31. The van der Waals surface area contributed by atoms with Gasteiger partial charge < -0.3 is 5.32 Å². The number of carbonyl (C=O) groups is 1. The zero-order valence-electron chi connectivity index (χ0n) is 16.5. The van der Waals surface area contributed by atoms with E-state index in [4.69, 9.17) is 0 Å². The highest BCUT2D eigenvalue weighted by atomic mass is 32.2. The van der Waals surface area contributed by atoms with Gasteiger partial charge >= 0.3 is 0 Å². The molecule has 2 heterocycles. The quantitative estimate of drug-likeness (QED) is 0.420. The number of piperidine rings is 1. The monoisotopic (exact) mass is 442 g/mol. The zero-order valence-corrected chi connectivity index (χ0v) is 18.1. The number of thioether (sulfide) groups is 1. The van der Waals surface area contributed by atoms with Crippen LogP contribution in [0, 0.1) is 11.7 Å². The molecule has 0 atom stereocenters. The molecule has 1 aliphatic heterocycles. The molecule has 1 aromatic heterocycles. The summed E-state index contributed by atoms with van der Waals surface area (Å²) in [5.74, 6) is 0.598. The Hall–Kier alpha value is -2.29. The van der Waals surface area contributed by atoms with Crippen molar-refractivity contribution < 1.29 is 9.18 Å². The average molecular weight is 443 g/mol. The number of nitrogens with zero attached hydrogens (tertiary/aromatic N) is 3. The third kappa shape index (κ3) is 5.65. The van der Waals surface area contributed by atoms with E-state index in [-0.39, 0.29) is 17.6 Å². The number of anilines is 1. The highest BCUT2D eigenvalue weighted by Gasteiger charge is 2.26. The predicted molar refractivity (Wildman–Crippen MR) is 119 cm³/mol. The lowest BCUT2D eigenvalue weighted by molar-refractivity contribution is -0.121. The van der Waals surface area contributed by atoms with Crippen molar-refractivity contribution in [2.45, 2.75) is 29.5 Å². The summed E-state index contributed by atoms with van der Waals surface area (Å²) >= 11 is 3.02. The van der Waals surface area contributed by atoms with E-state index in [2.05, 4.69) is 32.5 Å². The van der Waals surface area contributed by atoms with Crippen molar-refractivity contribution >= 4 is 34.1 Å². The van der Waals surface area contributed by atoms with Crippen molar-refractivity contribution in [1.82, 2.24) is 15.1 Å². The molecule has 4 rings (SSSR count). The average Bonchev–Trinajstić information content (AvgIpc) is 3.22. The van der Waals surface area contributed by atoms with Crippen LogP contribution in [-0.4, -0.2) is 34.1 Å². The van der Waals surface area contributed by atoms with Crippen molar-refractivity contribution in [2.24, 2.45) is 5.92 Å². The molecule has 156 valence electrons. The molecule has 30 heavy (non-hydrogen) atoms. The van der Waals surface area contributed by atoms with Crippen LogP contribution in [-0.2, 0) is 17.1 Å². The first-order valence-electron chi connectivity index (χ1n) is 9.94. The standard InChI is InChI=1S/C22H23FN4OS2/c23-19-9-5-4-8-18(19)14-27-12-10-17(11-13-27)20(28)24-21-25-26-22(30-21)29-15-16-6-2-1-3-7-16/h1-9,17H,10-15H2,(H,24,25,28). The minimum absolute atomic E-state index is 0.00342. The normalized spacial score (nSPS) is 15.2. The van der Waals surface area contributed by atoms with E-state index in [0.717, 1.165) is 36.0 Å². The molecule has 0 spiro atoms. The van der Waals surface area contributed by atoms with E-state index in [1.807, 2.05) is 30.3 Å². The van der Waals surface area contributed by atoms with Crippen LogP contribution >= 0.6 is 23.1 Å². The van der Waals surface area contributed by atoms with Gasteiger partial charge in [-0.05, 0) is 37.6 Å². The van der Waals surface area contributed by atoms with Crippen molar-refractivity contribution in [3.8, 4) is 0 Å². The van der Waals surface area contributed by atoms with Crippen LogP contribution in [0.3, 0.4) is 0 Å². The summed E-state index contributed by atoms with van der Waals surface area (Å²) < 4.78 is 14.7. The summed E-state index contributed by atoms with van der Waals surface area (Å²) in [5, 5.41) is 11.7. The molecule has 1 fully saturated rings. The van der Waals surface area contributed by atoms with Gasteiger partial charge in [-0.2, -0.15) is 0 Å². The lowest BCUT2D eigenvalue weighted by Crippen LogP contribution is -2.37. The van der Waals surface area contributed by atoms with Gasteiger partial charge in [0.1, 0.15) is 5.82 Å². The van der Waals surface area contributed by atoms with Gasteiger partial charge in [0.25, 0.3) is 0 Å². The Labute approximate surface area is 183 Å². The fourth-order valence-electron chi connectivity index (χ4n) is 3.47. The molecule has 2 aromatic carbocycles. The number of carbonyl (C=O) groups excluding carboxylic acids is 1. The molecule has 0 unspecified atom stereocenters. The third-order valence-corrected chi connectivity index (χ3v) is 7.20. The first-order valence-corrected chi connectivity index (χ1v) is 11.7. The minimum atomic E-state index is -0.172. The molecule has 5 nitrogen and oxygen atoms in total. The van der Waals surface area contributed by atoms with Crippen LogP contribution in [0.15, 0.2) is 58.9 Å². The molecular formula is C22H23FN4OS2. The molecular weight excluding hydrogens is 419 g/mol. The maximum Gasteiger partial charge on any atom is 0.229 e. The molecule has 0 aliphatic carbocycles. The highest BCUT2D eigenvalue weighted by Crippen LogP contribution is 2.29. The molecule has 0 radical (unpaired) electrons. The number of aromatic nitrogens is 2. The van der Waals surface area contributed by atoms with Gasteiger partial charge in [-0.15, -0.1) is 10.2 Å². The van der Waals surface area contributed by atoms with Crippen LogP contribution in [0.5, 0.6) is 0 Å². The molecule has 1 saturated heterocycles. The smallest absolute Gasteiger partial charge is 0.229 e. The molecule has 0 saturated carbocycles. The van der Waals surface area contributed by atoms with Gasteiger partial charge in [0.15, 0.2) is 4.34 Å². The van der Waals surface area contributed by atoms with E-state index in [1.54, 1.807) is 17.8 Å². The van der Waals surface area contributed by atoms with Crippen LogP contribution in [0.4, 0.5) is 9.52 Å². The van der Waals surface area contributed by atoms with Gasteiger partial charge in [0.05, 0.1) is 0 Å². The molecule has 1 N–H and O–H groups in total. The zero-order chi connectivity index (χ0) is 20.8. The Morgan fingerprint density at radius 1 is 1.10 bits per heavy atom. The van der Waals surface area contributed by atoms with E-state index >= 15 is 0 Å². The van der Waals surface area contributed by atoms with Crippen LogP contribution in [0.25, 0.3) is 0 Å². The summed E-state index contributed by atoms with van der Waals surface area (Å²) in [7, 11) is 0. The van der Waals surface area contributed by atoms with Gasteiger partial charge in [-0.1, -0.05) is 71.6 Å². The number of rotatable bonds is 7. The van der Waals surface area contributed by atoms with Gasteiger partial charge in [-0.25, -0.2) is 4.39 Å². The van der Waals surface area contributed by atoms with E-state index in [9.17, 15) is 9.18 Å². The van der Waals surface area contributed by atoms with E-state index in [1.165, 1.54) is 23.0 Å². The van der Waals surface area contributed by atoms with Crippen molar-refractivity contribution in [3.63, 3.8) is 0 Å². The van der Waals surface area contributed by atoms with Crippen molar-refractivity contribution in [1.29, 1.82) is 0 Å². The summed E-state index contributed by atoms with van der Waals surface area (Å²) in [6.45, 7) is 2.14. The Morgan fingerprint density at radius 2 is 1.83 bits per heavy atom. The number of nitrogens with one attached hydrogen (secondary N) is 1. The number of benzene rings is 2. The third-order valence-electron chi connectivity index (χ3n) is 5.15. The second kappa shape index (κ2) is 10.1. The summed E-state index contributed by atoms with van der Waals surface area (Å²) in [6.07, 6.45) is 1.52. The van der Waals surface area contributed by atoms with Gasteiger partial charge in [0.2, 0.25) is 11.0 Å². The number of amides is 1. The van der Waals surface area contributed by atoms with E-state index in [0.29, 0.717) is 17.2 Å². The minimum Gasteiger partial charge on any atom is -0.300 e. The van der Waals surface area contributed by atoms with Crippen LogP contribution in [0.1, 0.15) is 24.0 Å². The molecule has 1 amide bonds. The Morgan fingerprint density at radius 3 is 2.60 bits per heavy atom. The first kappa shape index (κ1) is 21.0. The molecule has 1 aliphatic rings. The fraction of sp³-hybridized carbons (Fsp3) is 0.318. The Bertz CT molecular complexity index is 974. The lowest BCUT2D eigenvalue weighted by atomic mass is 9.95. The highest BCUT2D eigenvalue weighted by molar-refractivity contribution is 8.00. The maximum atomic E-state index is 13.8. The van der Waals surface area contributed by atoms with Gasteiger partial charge in [0, 0.05) is 23.8 Å². The number of halogens is 1. The maximum absolute atomic E-state index is 13.8. The van der Waals surface area contributed by atoms with Crippen LogP contribution < -0.4 is 5.32 Å². The van der Waals surface area contributed by atoms with E-state index < -0.39 is 0 Å². The topological polar surface area (TPSA) is 58.1 Å². The first-order chi connectivity index (χ1) is 14.7. The molecule has 3 aromatic rings. The van der Waals surface area contributed by atoms with Crippen LogP contribution in [0.2, 0.25) is 0 Å². The van der Waals surface area contributed by atoms with Crippen molar-refractivity contribution in [2.75, 3.05) is 18.4 Å².